The van der Waals surface area contributed by atoms with Crippen LogP contribution in [-0.2, 0) is 14.4 Å². The third kappa shape index (κ3) is 8.02. The average Bonchev–Trinajstić information content (AvgIpc) is 2.91. The van der Waals surface area contributed by atoms with Gasteiger partial charge in [0.25, 0.3) is 11.6 Å². The van der Waals surface area contributed by atoms with E-state index < -0.39 is 22.8 Å². The van der Waals surface area contributed by atoms with Crippen molar-refractivity contribution in [1.29, 1.82) is 0 Å². The number of nitrogens with one attached hydrogen (secondary N) is 1. The van der Waals surface area contributed by atoms with E-state index in [-0.39, 0.29) is 43.4 Å². The van der Waals surface area contributed by atoms with E-state index in [0.717, 1.165) is 0 Å². The Bertz CT molecular complexity index is 1120. The molecule has 3 rings (SSSR count). The van der Waals surface area contributed by atoms with Crippen molar-refractivity contribution in [3.63, 3.8) is 0 Å². The Labute approximate surface area is 213 Å². The van der Waals surface area contributed by atoms with Crippen LogP contribution < -0.4 is 10.1 Å². The van der Waals surface area contributed by atoms with Crippen LogP contribution in [0.25, 0.3) is 0 Å². The summed E-state index contributed by atoms with van der Waals surface area (Å²) in [5, 5.41) is 22.6. The maximum Gasteiger partial charge on any atom is 0.326 e. The molecule has 12 nitrogen and oxygen atoms in total. The molecule has 1 aliphatic rings. The molecule has 1 atom stereocenters. The summed E-state index contributed by atoms with van der Waals surface area (Å²) in [6.07, 6.45) is 0.0151. The molecule has 0 saturated carbocycles. The zero-order chi connectivity index (χ0) is 26.8. The van der Waals surface area contributed by atoms with Crippen LogP contribution in [0.15, 0.2) is 54.6 Å². The highest BCUT2D eigenvalue weighted by Crippen LogP contribution is 2.17. The number of hydrogen-bond donors (Lipinski definition) is 2. The normalized spacial score (nSPS) is 13.9. The molecule has 0 aromatic heterocycles. The number of carbonyl (C=O) groups excluding carboxylic acids is 3. The number of non-ortho nitro benzene ring substituents is 1. The van der Waals surface area contributed by atoms with E-state index in [9.17, 15) is 34.4 Å². The number of carbonyl (C=O) groups is 4. The number of piperazine rings is 1. The molecule has 1 aliphatic heterocycles. The molecule has 0 radical (unpaired) electrons. The van der Waals surface area contributed by atoms with Gasteiger partial charge in [-0.05, 0) is 30.7 Å². The number of rotatable bonds is 11. The van der Waals surface area contributed by atoms with Crippen molar-refractivity contribution in [2.45, 2.75) is 25.3 Å². The van der Waals surface area contributed by atoms with Crippen molar-refractivity contribution in [2.24, 2.45) is 0 Å². The molecule has 1 heterocycles. The van der Waals surface area contributed by atoms with Crippen molar-refractivity contribution in [3.8, 4) is 5.75 Å². The van der Waals surface area contributed by atoms with Crippen LogP contribution in [0, 0.1) is 10.1 Å². The summed E-state index contributed by atoms with van der Waals surface area (Å²) in [6, 6.07) is 12.6. The minimum absolute atomic E-state index is 0.0497. The van der Waals surface area contributed by atoms with Gasteiger partial charge in [0.2, 0.25) is 11.8 Å². The number of carboxylic acid groups (broad SMARTS) is 1. The van der Waals surface area contributed by atoms with E-state index >= 15 is 0 Å². The van der Waals surface area contributed by atoms with Crippen LogP contribution in [0.1, 0.15) is 29.6 Å². The first-order valence-corrected chi connectivity index (χ1v) is 11.8. The molecule has 196 valence electrons. The van der Waals surface area contributed by atoms with E-state index in [0.29, 0.717) is 37.5 Å². The highest BCUT2D eigenvalue weighted by atomic mass is 16.6. The first-order chi connectivity index (χ1) is 17.7. The first kappa shape index (κ1) is 27.1. The number of carboxylic acids is 1. The van der Waals surface area contributed by atoms with Gasteiger partial charge < -0.3 is 25.0 Å². The number of hydrogen-bond acceptors (Lipinski definition) is 7. The predicted molar refractivity (Wildman–Crippen MR) is 131 cm³/mol. The molecule has 2 N–H and O–H groups in total. The van der Waals surface area contributed by atoms with Gasteiger partial charge in [-0.2, -0.15) is 0 Å². The van der Waals surface area contributed by atoms with E-state index in [2.05, 4.69) is 5.32 Å². The molecule has 1 fully saturated rings. The third-order valence-electron chi connectivity index (χ3n) is 5.90. The van der Waals surface area contributed by atoms with Gasteiger partial charge in [-0.1, -0.05) is 18.2 Å². The fourth-order valence-electron chi connectivity index (χ4n) is 3.80. The van der Waals surface area contributed by atoms with E-state index in [4.69, 9.17) is 4.74 Å². The lowest BCUT2D eigenvalue weighted by Crippen LogP contribution is -2.51. The van der Waals surface area contributed by atoms with E-state index in [1.54, 1.807) is 40.1 Å². The summed E-state index contributed by atoms with van der Waals surface area (Å²) in [6.45, 7) is 1.44. The zero-order valence-corrected chi connectivity index (χ0v) is 20.1. The quantitative estimate of drug-likeness (QED) is 0.340. The van der Waals surface area contributed by atoms with Crippen molar-refractivity contribution in [3.05, 3.63) is 70.3 Å². The Morgan fingerprint density at radius 2 is 1.49 bits per heavy atom. The Balaban J connectivity index is 1.38. The van der Waals surface area contributed by atoms with Gasteiger partial charge in [0.15, 0.2) is 0 Å². The monoisotopic (exact) mass is 512 g/mol. The van der Waals surface area contributed by atoms with Crippen molar-refractivity contribution in [2.75, 3.05) is 32.8 Å². The molecule has 0 spiro atoms. The lowest BCUT2D eigenvalue weighted by molar-refractivity contribution is -0.384. The number of ether oxygens (including phenoxy) is 1. The molecule has 1 saturated heterocycles. The van der Waals surface area contributed by atoms with Crippen LogP contribution in [0.4, 0.5) is 5.69 Å². The largest absolute Gasteiger partial charge is 0.493 e. The molecule has 12 heteroatoms. The topological polar surface area (TPSA) is 159 Å². The summed E-state index contributed by atoms with van der Waals surface area (Å²) >= 11 is 0. The van der Waals surface area contributed by atoms with Crippen LogP contribution in [-0.4, -0.2) is 82.3 Å². The SMILES string of the molecule is O=C(N[C@@H](CCC(=O)N1CCN(C(=O)CCOc2ccc([N+](=O)[O-])cc2)CC1)C(=O)O)c1ccccc1. The lowest BCUT2D eigenvalue weighted by Gasteiger charge is -2.35. The van der Waals surface area contributed by atoms with Gasteiger partial charge in [0.1, 0.15) is 11.8 Å². The second kappa shape index (κ2) is 13.0. The fourth-order valence-corrected chi connectivity index (χ4v) is 3.80. The number of aliphatic carboxylic acids is 1. The van der Waals surface area contributed by atoms with Gasteiger partial charge in [-0.15, -0.1) is 0 Å². The lowest BCUT2D eigenvalue weighted by atomic mass is 10.1. The van der Waals surface area contributed by atoms with Gasteiger partial charge in [-0.3, -0.25) is 24.5 Å². The van der Waals surface area contributed by atoms with Crippen LogP contribution in [0.5, 0.6) is 5.75 Å². The Morgan fingerprint density at radius 1 is 0.919 bits per heavy atom. The fraction of sp³-hybridized carbons (Fsp3) is 0.360. The second-order valence-corrected chi connectivity index (χ2v) is 8.38. The van der Waals surface area contributed by atoms with Gasteiger partial charge in [0.05, 0.1) is 18.0 Å². The van der Waals surface area contributed by atoms with E-state index in [1.807, 2.05) is 0 Å². The molecular weight excluding hydrogens is 484 g/mol. The van der Waals surface area contributed by atoms with Crippen LogP contribution in [0.3, 0.4) is 0 Å². The highest BCUT2D eigenvalue weighted by Gasteiger charge is 2.26. The van der Waals surface area contributed by atoms with Gasteiger partial charge in [0, 0.05) is 50.3 Å². The minimum Gasteiger partial charge on any atom is -0.493 e. The average molecular weight is 513 g/mol. The zero-order valence-electron chi connectivity index (χ0n) is 20.1. The molecule has 2 aromatic rings. The minimum atomic E-state index is -1.22. The maximum absolute atomic E-state index is 12.6. The molecule has 2 aromatic carbocycles. The summed E-state index contributed by atoms with van der Waals surface area (Å²) in [7, 11) is 0. The number of nitro benzene ring substituents is 1. The van der Waals surface area contributed by atoms with E-state index in [1.165, 1.54) is 24.3 Å². The summed E-state index contributed by atoms with van der Waals surface area (Å²) in [5.41, 5.74) is 0.283. The van der Waals surface area contributed by atoms with Gasteiger partial charge in [-0.25, -0.2) is 4.79 Å². The second-order valence-electron chi connectivity index (χ2n) is 8.38. The van der Waals surface area contributed by atoms with Crippen molar-refractivity contribution >= 4 is 29.4 Å². The number of nitro groups is 1. The van der Waals surface area contributed by atoms with Crippen molar-refractivity contribution < 1.29 is 33.9 Å². The standard InChI is InChI=1S/C25H28N4O8/c30-22(11-10-21(25(33)34)26-24(32)18-4-2-1-3-5-18)27-13-15-28(16-14-27)23(31)12-17-37-20-8-6-19(7-9-20)29(35)36/h1-9,21H,10-17H2,(H,26,32)(H,33,34)/t21-/m0/s1. The Morgan fingerprint density at radius 3 is 2.03 bits per heavy atom. The number of benzene rings is 2. The highest BCUT2D eigenvalue weighted by molar-refractivity contribution is 5.96. The summed E-state index contributed by atoms with van der Waals surface area (Å²) in [5.74, 6) is -1.69. The summed E-state index contributed by atoms with van der Waals surface area (Å²) < 4.78 is 5.48. The smallest absolute Gasteiger partial charge is 0.326 e. The van der Waals surface area contributed by atoms with Gasteiger partial charge >= 0.3 is 5.97 Å². The molecule has 0 aliphatic carbocycles. The predicted octanol–water partition coefficient (Wildman–Crippen LogP) is 1.70. The molecule has 0 unspecified atom stereocenters. The molecule has 0 bridgehead atoms. The maximum atomic E-state index is 12.6. The van der Waals surface area contributed by atoms with Crippen LogP contribution >= 0.6 is 0 Å². The number of amides is 3. The Kier molecular flexibility index (Phi) is 9.53. The molecular formula is C25H28N4O8. The van der Waals surface area contributed by atoms with Crippen LogP contribution in [0.2, 0.25) is 0 Å². The number of nitrogens with zero attached hydrogens (tertiary/aromatic N) is 3. The Hall–Kier alpha value is -4.48. The summed E-state index contributed by atoms with van der Waals surface area (Å²) in [4.78, 5) is 62.3. The molecule has 37 heavy (non-hydrogen) atoms. The van der Waals surface area contributed by atoms with Crippen molar-refractivity contribution in [1.82, 2.24) is 15.1 Å². The third-order valence-corrected chi connectivity index (χ3v) is 5.90. The first-order valence-electron chi connectivity index (χ1n) is 11.8. The molecule has 3 amide bonds.